The van der Waals surface area contributed by atoms with Crippen molar-refractivity contribution in [1.29, 1.82) is 0 Å². The Morgan fingerprint density at radius 2 is 1.92 bits per heavy atom. The highest BCUT2D eigenvalue weighted by molar-refractivity contribution is 5.85. The van der Waals surface area contributed by atoms with Gasteiger partial charge in [0.1, 0.15) is 11.8 Å². The molecule has 1 aliphatic rings. The third-order valence-corrected chi connectivity index (χ3v) is 4.67. The van der Waals surface area contributed by atoms with E-state index in [4.69, 9.17) is 15.2 Å². The number of amides is 1. The van der Waals surface area contributed by atoms with Crippen LogP contribution in [-0.2, 0) is 22.5 Å². The van der Waals surface area contributed by atoms with Gasteiger partial charge in [-0.2, -0.15) is 0 Å². The summed E-state index contributed by atoms with van der Waals surface area (Å²) in [5.74, 6) is 0.703. The number of halogens is 1. The molecule has 0 radical (unpaired) electrons. The molecule has 0 saturated heterocycles. The zero-order valence-electron chi connectivity index (χ0n) is 15.1. The highest BCUT2D eigenvalue weighted by atomic mass is 35.5. The molecule has 6 heteroatoms. The van der Waals surface area contributed by atoms with Crippen LogP contribution in [0.15, 0.2) is 48.5 Å². The van der Waals surface area contributed by atoms with E-state index in [1.165, 1.54) is 5.56 Å². The summed E-state index contributed by atoms with van der Waals surface area (Å²) in [7, 11) is 3.20. The summed E-state index contributed by atoms with van der Waals surface area (Å²) in [6.07, 6.45) is 0.759. The predicted molar refractivity (Wildman–Crippen MR) is 104 cm³/mol. The van der Waals surface area contributed by atoms with E-state index in [-0.39, 0.29) is 31.0 Å². The minimum absolute atomic E-state index is 0. The molecular formula is C20H25ClN2O3. The molecule has 1 aliphatic heterocycles. The average Bonchev–Trinajstić information content (AvgIpc) is 2.66. The fourth-order valence-electron chi connectivity index (χ4n) is 3.36. The van der Waals surface area contributed by atoms with Crippen molar-refractivity contribution >= 4 is 18.3 Å². The third kappa shape index (κ3) is 4.18. The lowest BCUT2D eigenvalue weighted by Crippen LogP contribution is -2.49. The summed E-state index contributed by atoms with van der Waals surface area (Å²) in [6.45, 7) is 0.726. The molecule has 2 aromatic rings. The van der Waals surface area contributed by atoms with Crippen LogP contribution in [0.25, 0.3) is 0 Å². The topological polar surface area (TPSA) is 64.8 Å². The minimum atomic E-state index is -0.664. The van der Waals surface area contributed by atoms with Gasteiger partial charge in [0.2, 0.25) is 5.91 Å². The number of nitrogens with two attached hydrogens (primary N) is 1. The molecular weight excluding hydrogens is 352 g/mol. The molecule has 2 N–H and O–H groups in total. The average molecular weight is 377 g/mol. The second kappa shape index (κ2) is 9.03. The lowest BCUT2D eigenvalue weighted by molar-refractivity contribution is -0.137. The lowest BCUT2D eigenvalue weighted by Gasteiger charge is -2.38. The van der Waals surface area contributed by atoms with Crippen LogP contribution in [0, 0.1) is 0 Å². The second-order valence-electron chi connectivity index (χ2n) is 6.29. The van der Waals surface area contributed by atoms with Crippen molar-refractivity contribution < 1.29 is 14.3 Å². The van der Waals surface area contributed by atoms with E-state index in [1.807, 2.05) is 35.2 Å². The Balaban J connectivity index is 0.00000243. The van der Waals surface area contributed by atoms with Crippen molar-refractivity contribution in [3.05, 3.63) is 65.2 Å². The Morgan fingerprint density at radius 1 is 1.19 bits per heavy atom. The van der Waals surface area contributed by atoms with Crippen LogP contribution in [0.2, 0.25) is 0 Å². The minimum Gasteiger partial charge on any atom is -0.497 e. The number of carbonyl (C=O) groups is 1. The maximum atomic E-state index is 12.9. The highest BCUT2D eigenvalue weighted by Gasteiger charge is 2.33. The Morgan fingerprint density at radius 3 is 2.58 bits per heavy atom. The van der Waals surface area contributed by atoms with Crippen molar-refractivity contribution in [1.82, 2.24) is 4.90 Å². The van der Waals surface area contributed by atoms with E-state index in [9.17, 15) is 4.79 Å². The van der Waals surface area contributed by atoms with Crippen LogP contribution in [0.1, 0.15) is 22.7 Å². The fourth-order valence-corrected chi connectivity index (χ4v) is 3.36. The van der Waals surface area contributed by atoms with E-state index < -0.39 is 6.04 Å². The van der Waals surface area contributed by atoms with Gasteiger partial charge >= 0.3 is 0 Å². The van der Waals surface area contributed by atoms with E-state index in [0.717, 1.165) is 23.3 Å². The number of carbonyl (C=O) groups excluding carboxylic acids is 1. The van der Waals surface area contributed by atoms with Crippen molar-refractivity contribution in [2.75, 3.05) is 20.8 Å². The first-order valence-corrected chi connectivity index (χ1v) is 8.39. The molecule has 26 heavy (non-hydrogen) atoms. The fraction of sp³-hybridized carbons (Fsp3) is 0.350. The summed E-state index contributed by atoms with van der Waals surface area (Å²) in [4.78, 5) is 14.8. The first kappa shape index (κ1) is 20.2. The highest BCUT2D eigenvalue weighted by Crippen LogP contribution is 2.35. The van der Waals surface area contributed by atoms with Crippen LogP contribution in [0.4, 0.5) is 0 Å². The predicted octanol–water partition coefficient (Wildman–Crippen LogP) is 2.72. The zero-order valence-corrected chi connectivity index (χ0v) is 15.9. The Labute approximate surface area is 160 Å². The normalized spacial score (nSPS) is 17.0. The van der Waals surface area contributed by atoms with Gasteiger partial charge in [0.25, 0.3) is 0 Å². The molecule has 2 unspecified atom stereocenters. The summed E-state index contributed by atoms with van der Waals surface area (Å²) in [6, 6.07) is 15.4. The smallest absolute Gasteiger partial charge is 0.242 e. The molecule has 5 nitrogen and oxygen atoms in total. The summed E-state index contributed by atoms with van der Waals surface area (Å²) >= 11 is 0. The van der Waals surface area contributed by atoms with Gasteiger partial charge in [0.15, 0.2) is 0 Å². The SMILES string of the molecule is COCC(N)C(=O)N1Cc2cc(OC)ccc2CC1c1ccccc1.Cl. The third-order valence-electron chi connectivity index (χ3n) is 4.67. The summed E-state index contributed by atoms with van der Waals surface area (Å²) in [5.41, 5.74) is 9.48. The second-order valence-corrected chi connectivity index (χ2v) is 6.29. The Kier molecular flexibility index (Phi) is 7.03. The summed E-state index contributed by atoms with van der Waals surface area (Å²) < 4.78 is 10.4. The van der Waals surface area contributed by atoms with Crippen molar-refractivity contribution in [2.45, 2.75) is 25.0 Å². The van der Waals surface area contributed by atoms with Crippen molar-refractivity contribution in [3.63, 3.8) is 0 Å². The van der Waals surface area contributed by atoms with E-state index in [1.54, 1.807) is 14.2 Å². The van der Waals surface area contributed by atoms with Crippen LogP contribution in [0.3, 0.4) is 0 Å². The van der Waals surface area contributed by atoms with Crippen LogP contribution >= 0.6 is 12.4 Å². The van der Waals surface area contributed by atoms with Gasteiger partial charge < -0.3 is 20.1 Å². The van der Waals surface area contributed by atoms with Gasteiger partial charge in [-0.15, -0.1) is 12.4 Å². The monoisotopic (exact) mass is 376 g/mol. The van der Waals surface area contributed by atoms with Gasteiger partial charge in [-0.25, -0.2) is 0 Å². The molecule has 0 saturated carbocycles. The maximum Gasteiger partial charge on any atom is 0.242 e. The molecule has 0 bridgehead atoms. The molecule has 2 aromatic carbocycles. The van der Waals surface area contributed by atoms with E-state index >= 15 is 0 Å². The number of benzene rings is 2. The molecule has 2 atom stereocenters. The first-order chi connectivity index (χ1) is 12.1. The quantitative estimate of drug-likeness (QED) is 0.871. The maximum absolute atomic E-state index is 12.9. The number of fused-ring (bicyclic) bond motifs is 1. The number of nitrogens with zero attached hydrogens (tertiary/aromatic N) is 1. The van der Waals surface area contributed by atoms with Crippen molar-refractivity contribution in [3.8, 4) is 5.75 Å². The molecule has 0 aliphatic carbocycles. The van der Waals surface area contributed by atoms with Gasteiger partial charge in [0, 0.05) is 13.7 Å². The molecule has 0 aromatic heterocycles. The first-order valence-electron chi connectivity index (χ1n) is 8.39. The molecule has 0 spiro atoms. The van der Waals surface area contributed by atoms with E-state index in [0.29, 0.717) is 6.54 Å². The largest absolute Gasteiger partial charge is 0.497 e. The van der Waals surface area contributed by atoms with Gasteiger partial charge in [-0.05, 0) is 35.2 Å². The Hall–Kier alpha value is -2.08. The molecule has 1 amide bonds. The zero-order chi connectivity index (χ0) is 17.8. The number of hydrogen-bond donors (Lipinski definition) is 1. The molecule has 0 fully saturated rings. The number of rotatable bonds is 5. The Bertz CT molecular complexity index is 739. The number of hydrogen-bond acceptors (Lipinski definition) is 4. The van der Waals surface area contributed by atoms with Crippen LogP contribution < -0.4 is 10.5 Å². The number of methoxy groups -OCH3 is 2. The van der Waals surface area contributed by atoms with Crippen LogP contribution in [-0.4, -0.2) is 37.7 Å². The standard InChI is InChI=1S/C20H24N2O3.ClH/c1-24-13-18(21)20(23)22-12-16-10-17(25-2)9-8-15(16)11-19(22)14-6-4-3-5-7-14;/h3-10,18-19H,11-13,21H2,1-2H3;1H. The van der Waals surface area contributed by atoms with Crippen molar-refractivity contribution in [2.24, 2.45) is 5.73 Å². The van der Waals surface area contributed by atoms with Crippen LogP contribution in [0.5, 0.6) is 5.75 Å². The van der Waals surface area contributed by atoms with E-state index in [2.05, 4.69) is 18.2 Å². The molecule has 3 rings (SSSR count). The number of ether oxygens (including phenoxy) is 2. The van der Waals surface area contributed by atoms with Gasteiger partial charge in [-0.3, -0.25) is 4.79 Å². The lowest BCUT2D eigenvalue weighted by atomic mass is 9.89. The molecule has 1 heterocycles. The summed E-state index contributed by atoms with van der Waals surface area (Å²) in [5, 5.41) is 0. The van der Waals surface area contributed by atoms with Gasteiger partial charge in [0.05, 0.1) is 19.8 Å². The molecule has 140 valence electrons. The van der Waals surface area contributed by atoms with Gasteiger partial charge in [-0.1, -0.05) is 36.4 Å².